The van der Waals surface area contributed by atoms with E-state index >= 15 is 0 Å². The standard InChI is InChI=1S/C8H17N3O2S/c1-5-11(7-8(2)6-9)14(12,13)10(3)4/h8H,5,7H2,1-4H3. The first-order chi connectivity index (χ1) is 6.36. The van der Waals surface area contributed by atoms with Gasteiger partial charge in [-0.25, -0.2) is 0 Å². The number of hydrogen-bond acceptors (Lipinski definition) is 3. The average molecular weight is 219 g/mol. The molecule has 0 aromatic carbocycles. The summed E-state index contributed by atoms with van der Waals surface area (Å²) in [6, 6.07) is 2.02. The molecule has 0 aliphatic rings. The summed E-state index contributed by atoms with van der Waals surface area (Å²) in [7, 11) is -0.416. The molecule has 0 aromatic heterocycles. The zero-order chi connectivity index (χ0) is 11.4. The van der Waals surface area contributed by atoms with Gasteiger partial charge in [-0.05, 0) is 6.92 Å². The molecule has 82 valence electrons. The van der Waals surface area contributed by atoms with Gasteiger partial charge in [0.05, 0.1) is 12.0 Å². The van der Waals surface area contributed by atoms with E-state index in [9.17, 15) is 8.42 Å². The highest BCUT2D eigenvalue weighted by Gasteiger charge is 2.24. The van der Waals surface area contributed by atoms with Crippen molar-refractivity contribution in [2.75, 3.05) is 27.2 Å². The molecule has 0 saturated carbocycles. The molecule has 6 heteroatoms. The van der Waals surface area contributed by atoms with E-state index in [-0.39, 0.29) is 12.5 Å². The van der Waals surface area contributed by atoms with Gasteiger partial charge in [0.1, 0.15) is 0 Å². The topological polar surface area (TPSA) is 64.4 Å². The van der Waals surface area contributed by atoms with Crippen molar-refractivity contribution in [1.29, 1.82) is 5.26 Å². The van der Waals surface area contributed by atoms with Gasteiger partial charge in [-0.1, -0.05) is 6.92 Å². The van der Waals surface area contributed by atoms with E-state index in [0.29, 0.717) is 6.54 Å². The van der Waals surface area contributed by atoms with E-state index < -0.39 is 10.2 Å². The van der Waals surface area contributed by atoms with Crippen LogP contribution in [0, 0.1) is 17.2 Å². The molecule has 0 fully saturated rings. The summed E-state index contributed by atoms with van der Waals surface area (Å²) in [5.41, 5.74) is 0. The van der Waals surface area contributed by atoms with Gasteiger partial charge in [-0.3, -0.25) is 0 Å². The molecule has 1 unspecified atom stereocenters. The average Bonchev–Trinajstić information content (AvgIpc) is 2.12. The molecule has 0 radical (unpaired) electrons. The van der Waals surface area contributed by atoms with Crippen LogP contribution in [0.1, 0.15) is 13.8 Å². The van der Waals surface area contributed by atoms with Crippen LogP contribution in [0.4, 0.5) is 0 Å². The first-order valence-electron chi connectivity index (χ1n) is 4.43. The normalized spacial score (nSPS) is 14.4. The Balaban J connectivity index is 4.68. The second-order valence-corrected chi connectivity index (χ2v) is 5.41. The lowest BCUT2D eigenvalue weighted by Crippen LogP contribution is -2.41. The first-order valence-corrected chi connectivity index (χ1v) is 5.83. The lowest BCUT2D eigenvalue weighted by atomic mass is 10.2. The van der Waals surface area contributed by atoms with Crippen LogP contribution in [0.3, 0.4) is 0 Å². The molecule has 0 N–H and O–H groups in total. The van der Waals surface area contributed by atoms with Crippen LogP contribution in [0.15, 0.2) is 0 Å². The Morgan fingerprint density at radius 2 is 1.93 bits per heavy atom. The van der Waals surface area contributed by atoms with E-state index in [1.165, 1.54) is 18.4 Å². The fourth-order valence-electron chi connectivity index (χ4n) is 0.964. The third-order valence-electron chi connectivity index (χ3n) is 1.84. The fourth-order valence-corrected chi connectivity index (χ4v) is 2.16. The molecule has 0 bridgehead atoms. The summed E-state index contributed by atoms with van der Waals surface area (Å²) in [6.45, 7) is 4.08. The van der Waals surface area contributed by atoms with Crippen LogP contribution in [0.5, 0.6) is 0 Å². The molecule has 0 aromatic rings. The van der Waals surface area contributed by atoms with Gasteiger partial charge in [-0.15, -0.1) is 0 Å². The summed E-state index contributed by atoms with van der Waals surface area (Å²) < 4.78 is 25.8. The number of hydrogen-bond donors (Lipinski definition) is 0. The molecule has 0 saturated heterocycles. The number of nitrogens with zero attached hydrogens (tertiary/aromatic N) is 3. The zero-order valence-electron chi connectivity index (χ0n) is 9.06. The molecule has 0 amide bonds. The zero-order valence-corrected chi connectivity index (χ0v) is 9.87. The Kier molecular flexibility index (Phi) is 5.05. The summed E-state index contributed by atoms with van der Waals surface area (Å²) in [6.07, 6.45) is 0. The minimum absolute atomic E-state index is 0.244. The van der Waals surface area contributed by atoms with Crippen molar-refractivity contribution in [3.8, 4) is 6.07 Å². The van der Waals surface area contributed by atoms with Crippen molar-refractivity contribution in [2.45, 2.75) is 13.8 Å². The third kappa shape index (κ3) is 3.25. The number of rotatable bonds is 5. The summed E-state index contributed by atoms with van der Waals surface area (Å²) >= 11 is 0. The van der Waals surface area contributed by atoms with Crippen LogP contribution >= 0.6 is 0 Å². The Morgan fingerprint density at radius 3 is 2.21 bits per heavy atom. The van der Waals surface area contributed by atoms with Gasteiger partial charge in [0.15, 0.2) is 0 Å². The second-order valence-electron chi connectivity index (χ2n) is 3.27. The summed E-state index contributed by atoms with van der Waals surface area (Å²) in [5.74, 6) is -0.287. The van der Waals surface area contributed by atoms with E-state index in [1.807, 2.05) is 6.07 Å². The van der Waals surface area contributed by atoms with Crippen LogP contribution in [0.2, 0.25) is 0 Å². The predicted molar refractivity (Wildman–Crippen MR) is 54.6 cm³/mol. The molecule has 1 atom stereocenters. The van der Waals surface area contributed by atoms with Gasteiger partial charge >= 0.3 is 0 Å². The van der Waals surface area contributed by atoms with E-state index in [4.69, 9.17) is 5.26 Å². The van der Waals surface area contributed by atoms with Gasteiger partial charge in [0, 0.05) is 27.2 Å². The highest BCUT2D eigenvalue weighted by Crippen LogP contribution is 2.07. The SMILES string of the molecule is CCN(CC(C)C#N)S(=O)(=O)N(C)C. The Bertz CT molecular complexity index is 305. The smallest absolute Gasteiger partial charge is 0.198 e. The van der Waals surface area contributed by atoms with Crippen molar-refractivity contribution < 1.29 is 8.42 Å². The molecule has 0 aliphatic heterocycles. The van der Waals surface area contributed by atoms with Crippen molar-refractivity contribution in [3.63, 3.8) is 0 Å². The van der Waals surface area contributed by atoms with Crippen molar-refractivity contribution in [1.82, 2.24) is 8.61 Å². The number of nitriles is 1. The third-order valence-corrected chi connectivity index (χ3v) is 3.82. The largest absolute Gasteiger partial charge is 0.281 e. The predicted octanol–water partition coefficient (Wildman–Crippen LogP) is 0.274. The lowest BCUT2D eigenvalue weighted by Gasteiger charge is -2.24. The molecule has 0 rings (SSSR count). The molecule has 0 aliphatic carbocycles. The van der Waals surface area contributed by atoms with Crippen molar-refractivity contribution >= 4 is 10.2 Å². The minimum Gasteiger partial charge on any atom is -0.198 e. The maximum absolute atomic E-state index is 11.7. The van der Waals surface area contributed by atoms with Crippen LogP contribution < -0.4 is 0 Å². The Hall–Kier alpha value is -0.640. The maximum Gasteiger partial charge on any atom is 0.281 e. The molecule has 0 heterocycles. The molecular formula is C8H17N3O2S. The highest BCUT2D eigenvalue weighted by atomic mass is 32.2. The first kappa shape index (κ1) is 13.4. The molecule has 0 spiro atoms. The van der Waals surface area contributed by atoms with Gasteiger partial charge in [-0.2, -0.15) is 22.3 Å². The molecule has 5 nitrogen and oxygen atoms in total. The van der Waals surface area contributed by atoms with E-state index in [0.717, 1.165) is 4.31 Å². The van der Waals surface area contributed by atoms with Gasteiger partial charge < -0.3 is 0 Å². The lowest BCUT2D eigenvalue weighted by molar-refractivity contribution is 0.367. The van der Waals surface area contributed by atoms with E-state index in [1.54, 1.807) is 13.8 Å². The van der Waals surface area contributed by atoms with Crippen LogP contribution in [0.25, 0.3) is 0 Å². The fraction of sp³-hybridized carbons (Fsp3) is 0.875. The van der Waals surface area contributed by atoms with Crippen LogP contribution in [-0.2, 0) is 10.2 Å². The van der Waals surface area contributed by atoms with Crippen molar-refractivity contribution in [3.05, 3.63) is 0 Å². The second kappa shape index (κ2) is 5.29. The van der Waals surface area contributed by atoms with E-state index in [2.05, 4.69) is 0 Å². The highest BCUT2D eigenvalue weighted by molar-refractivity contribution is 7.86. The monoisotopic (exact) mass is 219 g/mol. The quantitative estimate of drug-likeness (QED) is 0.667. The Morgan fingerprint density at radius 1 is 1.43 bits per heavy atom. The van der Waals surface area contributed by atoms with Gasteiger partial charge in [0.25, 0.3) is 10.2 Å². The summed E-state index contributed by atoms with van der Waals surface area (Å²) in [4.78, 5) is 0. The maximum atomic E-state index is 11.7. The summed E-state index contributed by atoms with van der Waals surface area (Å²) in [5, 5.41) is 8.60. The minimum atomic E-state index is -3.38. The Labute approximate surface area is 86.1 Å². The molecule has 14 heavy (non-hydrogen) atoms. The van der Waals surface area contributed by atoms with Crippen molar-refractivity contribution in [2.24, 2.45) is 5.92 Å². The van der Waals surface area contributed by atoms with Crippen LogP contribution in [-0.4, -0.2) is 44.2 Å². The van der Waals surface area contributed by atoms with Gasteiger partial charge in [0.2, 0.25) is 0 Å². The molecular weight excluding hydrogens is 202 g/mol.